The minimum absolute atomic E-state index is 0.0237. The Hall–Kier alpha value is -2.03. The number of hydrogen-bond acceptors (Lipinski definition) is 4. The van der Waals surface area contributed by atoms with Crippen molar-refractivity contribution in [3.8, 4) is 0 Å². The van der Waals surface area contributed by atoms with Crippen LogP contribution in [0.1, 0.15) is 75.8 Å². The zero-order valence-electron chi connectivity index (χ0n) is 21.0. The van der Waals surface area contributed by atoms with Crippen molar-refractivity contribution in [2.45, 2.75) is 83.1 Å². The summed E-state index contributed by atoms with van der Waals surface area (Å²) >= 11 is 6.24. The lowest BCUT2D eigenvalue weighted by Gasteiger charge is -2.33. The van der Waals surface area contributed by atoms with Gasteiger partial charge in [-0.3, -0.25) is 4.79 Å². The molecule has 4 N–H and O–H groups in total. The molecule has 1 aromatic rings. The predicted octanol–water partition coefficient (Wildman–Crippen LogP) is 5.93. The van der Waals surface area contributed by atoms with Crippen molar-refractivity contribution in [1.29, 1.82) is 0 Å². The molecule has 0 bridgehead atoms. The fourth-order valence-corrected chi connectivity index (χ4v) is 4.88. The molecule has 9 heteroatoms. The largest absolute Gasteiger partial charge is 0.416 e. The van der Waals surface area contributed by atoms with Gasteiger partial charge in [-0.05, 0) is 56.9 Å². The Morgan fingerprint density at radius 3 is 2.22 bits per heavy atom. The quantitative estimate of drug-likeness (QED) is 0.314. The van der Waals surface area contributed by atoms with Crippen molar-refractivity contribution < 1.29 is 28.2 Å². The normalized spacial score (nSPS) is 22.0. The second-order valence-electron chi connectivity index (χ2n) is 9.61. The number of hydrogen-bond donors (Lipinski definition) is 3. The smallest absolute Gasteiger partial charge is 0.393 e. The average molecular weight is 531 g/mol. The number of alkyl halides is 3. The topological polar surface area (TPSA) is 86.8 Å². The molecule has 0 aliphatic heterocycles. The van der Waals surface area contributed by atoms with E-state index in [0.29, 0.717) is 18.7 Å². The highest BCUT2D eigenvalue weighted by molar-refractivity contribution is 6.32. The molecule has 2 fully saturated rings. The summed E-state index contributed by atoms with van der Waals surface area (Å²) in [6.07, 6.45) is 7.32. The summed E-state index contributed by atoms with van der Waals surface area (Å²) in [5.41, 5.74) is 5.20. The van der Waals surface area contributed by atoms with Gasteiger partial charge in [-0.2, -0.15) is 13.2 Å². The molecule has 2 aliphatic carbocycles. The minimum atomic E-state index is -4.53. The maximum Gasteiger partial charge on any atom is 0.416 e. The first-order chi connectivity index (χ1) is 16.9. The van der Waals surface area contributed by atoms with E-state index in [1.54, 1.807) is 18.9 Å². The van der Waals surface area contributed by atoms with Crippen molar-refractivity contribution in [3.05, 3.63) is 52.1 Å². The summed E-state index contributed by atoms with van der Waals surface area (Å²) in [5, 5.41) is 19.3. The molecule has 3 rings (SSSR count). The van der Waals surface area contributed by atoms with Gasteiger partial charge in [0.05, 0.1) is 17.8 Å². The Morgan fingerprint density at radius 2 is 1.72 bits per heavy atom. The van der Waals surface area contributed by atoms with Crippen LogP contribution in [0.3, 0.4) is 0 Å². The number of benzene rings is 1. The number of amides is 1. The Morgan fingerprint density at radius 1 is 1.11 bits per heavy atom. The third-order valence-electron chi connectivity index (χ3n) is 6.82. The molecular formula is C27H38ClF3N2O3. The number of aliphatic hydroxyl groups is 2. The summed E-state index contributed by atoms with van der Waals surface area (Å²) in [5.74, 6) is -0.719. The van der Waals surface area contributed by atoms with Crippen molar-refractivity contribution in [1.82, 2.24) is 4.90 Å². The van der Waals surface area contributed by atoms with Gasteiger partial charge >= 0.3 is 6.18 Å². The van der Waals surface area contributed by atoms with E-state index in [0.717, 1.165) is 44.2 Å². The highest BCUT2D eigenvalue weighted by Gasteiger charge is 2.32. The number of rotatable bonds is 6. The van der Waals surface area contributed by atoms with Crippen LogP contribution < -0.4 is 5.73 Å². The van der Waals surface area contributed by atoms with Gasteiger partial charge in [0, 0.05) is 41.4 Å². The summed E-state index contributed by atoms with van der Waals surface area (Å²) in [4.78, 5) is 13.4. The molecule has 202 valence electrons. The third-order valence-corrected chi connectivity index (χ3v) is 7.15. The molecule has 0 saturated heterocycles. The summed E-state index contributed by atoms with van der Waals surface area (Å²) in [6.45, 7) is 2.03. The van der Waals surface area contributed by atoms with Gasteiger partial charge in [0.15, 0.2) is 0 Å². The van der Waals surface area contributed by atoms with Crippen molar-refractivity contribution >= 4 is 23.2 Å². The Kier molecular flexibility index (Phi) is 11.8. The van der Waals surface area contributed by atoms with Crippen LogP contribution in [0.15, 0.2) is 35.9 Å². The molecule has 2 saturated carbocycles. The average Bonchev–Trinajstić information content (AvgIpc) is 2.82. The molecule has 0 spiro atoms. The molecule has 0 aromatic heterocycles. The summed E-state index contributed by atoms with van der Waals surface area (Å²) in [6, 6.07) is 3.08. The van der Waals surface area contributed by atoms with Crippen molar-refractivity contribution in [3.63, 3.8) is 0 Å². The molecule has 5 nitrogen and oxygen atoms in total. The van der Waals surface area contributed by atoms with E-state index < -0.39 is 23.8 Å². The highest BCUT2D eigenvalue weighted by atomic mass is 35.5. The fourth-order valence-electron chi connectivity index (χ4n) is 4.67. The van der Waals surface area contributed by atoms with Crippen LogP contribution in [0, 0.1) is 5.92 Å². The van der Waals surface area contributed by atoms with E-state index in [4.69, 9.17) is 22.4 Å². The van der Waals surface area contributed by atoms with Gasteiger partial charge in [0.1, 0.15) is 0 Å². The number of carbonyl (C=O) groups excluding carboxylic acids is 1. The second kappa shape index (κ2) is 14.1. The monoisotopic (exact) mass is 530 g/mol. The number of aliphatic hydroxyl groups excluding tert-OH is 2. The lowest BCUT2D eigenvalue weighted by molar-refractivity contribution is -0.137. The molecule has 2 atom stereocenters. The number of nitrogens with two attached hydrogens (primary N) is 1. The van der Waals surface area contributed by atoms with E-state index in [1.807, 2.05) is 0 Å². The van der Waals surface area contributed by atoms with Gasteiger partial charge in [-0.25, -0.2) is 0 Å². The number of allylic oxidation sites excluding steroid dienone is 1. The summed E-state index contributed by atoms with van der Waals surface area (Å²) < 4.78 is 39.8. The Balaban J connectivity index is 0.000000558. The van der Waals surface area contributed by atoms with Crippen LogP contribution >= 0.6 is 11.6 Å². The standard InChI is InChI=1S/C21H26ClF3N2O2.C6H12O/c1-3-13(20(26)29)10-18(27(2)12-14-6-4-5-7-19(14)28)16-11-15(21(23,24)25)8-9-17(16)22;7-6-4-2-1-3-5-6/h3,8-11,14,19,28H,4-7,12H2,1-2H3,(H2,26,29);6-7H,1-5H2/b13-3-,18-10-;. The van der Waals surface area contributed by atoms with Gasteiger partial charge in [-0.1, -0.05) is 49.8 Å². The minimum Gasteiger partial charge on any atom is -0.393 e. The first kappa shape index (κ1) is 30.2. The van der Waals surface area contributed by atoms with E-state index in [1.165, 1.54) is 37.5 Å². The molecule has 36 heavy (non-hydrogen) atoms. The first-order valence-electron chi connectivity index (χ1n) is 12.6. The van der Waals surface area contributed by atoms with Crippen molar-refractivity contribution in [2.24, 2.45) is 11.7 Å². The van der Waals surface area contributed by atoms with Gasteiger partial charge in [0.2, 0.25) is 5.91 Å². The fraction of sp³-hybridized carbons (Fsp3) is 0.593. The zero-order chi connectivity index (χ0) is 26.9. The van der Waals surface area contributed by atoms with Gasteiger partial charge in [0.25, 0.3) is 0 Å². The number of carbonyl (C=O) groups is 1. The molecule has 0 radical (unpaired) electrons. The lowest BCUT2D eigenvalue weighted by Crippen LogP contribution is -2.34. The van der Waals surface area contributed by atoms with Crippen LogP contribution in [-0.2, 0) is 11.0 Å². The predicted molar refractivity (Wildman–Crippen MR) is 137 cm³/mol. The van der Waals surface area contributed by atoms with Gasteiger partial charge < -0.3 is 20.8 Å². The Labute approximate surface area is 216 Å². The van der Waals surface area contributed by atoms with Crippen LogP contribution in [0.2, 0.25) is 5.02 Å². The number of nitrogens with zero attached hydrogens (tertiary/aromatic N) is 1. The molecule has 0 heterocycles. The van der Waals surface area contributed by atoms with E-state index >= 15 is 0 Å². The van der Waals surface area contributed by atoms with Crippen molar-refractivity contribution in [2.75, 3.05) is 13.6 Å². The van der Waals surface area contributed by atoms with Crippen LogP contribution in [0.25, 0.3) is 5.70 Å². The molecule has 2 unspecified atom stereocenters. The maximum atomic E-state index is 13.3. The summed E-state index contributed by atoms with van der Waals surface area (Å²) in [7, 11) is 1.71. The number of halogens is 4. The van der Waals surface area contributed by atoms with Crippen LogP contribution in [-0.4, -0.2) is 46.8 Å². The molecule has 1 aromatic carbocycles. The van der Waals surface area contributed by atoms with Crippen LogP contribution in [0.4, 0.5) is 13.2 Å². The third kappa shape index (κ3) is 9.12. The zero-order valence-corrected chi connectivity index (χ0v) is 21.8. The molecule has 1 amide bonds. The van der Waals surface area contributed by atoms with Gasteiger partial charge in [-0.15, -0.1) is 0 Å². The van der Waals surface area contributed by atoms with E-state index in [2.05, 4.69) is 0 Å². The van der Waals surface area contributed by atoms with Crippen LogP contribution in [0.5, 0.6) is 0 Å². The highest BCUT2D eigenvalue weighted by Crippen LogP contribution is 2.36. The van der Waals surface area contributed by atoms with E-state index in [-0.39, 0.29) is 28.2 Å². The van der Waals surface area contributed by atoms with E-state index in [9.17, 15) is 23.1 Å². The molecule has 2 aliphatic rings. The number of primary amides is 1. The second-order valence-corrected chi connectivity index (χ2v) is 10.0. The SMILES string of the molecule is C/C=C(/C=C(/c1cc(C(F)(F)F)ccc1Cl)N(C)CC1CCCCC1O)C(N)=O.OC1CCCCC1. The molecular weight excluding hydrogens is 493 g/mol. The Bertz CT molecular complexity index is 927. The maximum absolute atomic E-state index is 13.3. The lowest BCUT2D eigenvalue weighted by atomic mass is 9.86. The first-order valence-corrected chi connectivity index (χ1v) is 12.9.